The van der Waals surface area contributed by atoms with E-state index in [1.54, 1.807) is 26.0 Å². The van der Waals surface area contributed by atoms with Crippen LogP contribution in [-0.2, 0) is 17.9 Å². The second-order valence-corrected chi connectivity index (χ2v) is 7.47. The quantitative estimate of drug-likeness (QED) is 0.399. The number of benzene rings is 2. The molecule has 2 aromatic carbocycles. The fraction of sp³-hybridized carbons (Fsp3) is 0.200. The zero-order valence-electron chi connectivity index (χ0n) is 18.7. The van der Waals surface area contributed by atoms with Crippen molar-refractivity contribution >= 4 is 22.7 Å². The Morgan fingerprint density at radius 1 is 1.09 bits per heavy atom. The van der Waals surface area contributed by atoms with Gasteiger partial charge in [0.25, 0.3) is 0 Å². The molecule has 34 heavy (non-hydrogen) atoms. The standard InChI is InChI=1S/C25H23FN4O4/c1-3-33-25(32)21-22(27-13-18-10-7-11-19(26)12-18)20-16(2)28-15-29-23(20)30(24(21)31)34-14-17-8-5-4-6-9-17/h4-12,15,27H,3,13-14H2,1-2H3. The number of rotatable bonds is 8. The smallest absolute Gasteiger partial charge is 0.346 e. The minimum absolute atomic E-state index is 0.0782. The predicted octanol–water partition coefficient (Wildman–Crippen LogP) is 3.66. The number of pyridine rings is 1. The number of aromatic nitrogens is 3. The Morgan fingerprint density at radius 3 is 2.59 bits per heavy atom. The highest BCUT2D eigenvalue weighted by molar-refractivity contribution is 6.04. The van der Waals surface area contributed by atoms with E-state index in [2.05, 4.69) is 15.3 Å². The van der Waals surface area contributed by atoms with E-state index in [1.165, 1.54) is 18.5 Å². The molecule has 9 heteroatoms. The lowest BCUT2D eigenvalue weighted by Crippen LogP contribution is -2.34. The molecule has 8 nitrogen and oxygen atoms in total. The van der Waals surface area contributed by atoms with Crippen molar-refractivity contribution in [3.8, 4) is 0 Å². The van der Waals surface area contributed by atoms with Crippen molar-refractivity contribution in [3.63, 3.8) is 0 Å². The zero-order valence-corrected chi connectivity index (χ0v) is 18.7. The first-order valence-corrected chi connectivity index (χ1v) is 10.7. The number of hydrogen-bond donors (Lipinski definition) is 1. The summed E-state index contributed by atoms with van der Waals surface area (Å²) in [6.07, 6.45) is 1.32. The SMILES string of the molecule is CCOC(=O)c1c(NCc2cccc(F)c2)c2c(C)ncnc2n(OCc2ccccc2)c1=O. The number of nitrogens with zero attached hydrogens (tertiary/aromatic N) is 3. The first kappa shape index (κ1) is 22.9. The summed E-state index contributed by atoms with van der Waals surface area (Å²) in [6.45, 7) is 3.70. The van der Waals surface area contributed by atoms with E-state index in [9.17, 15) is 14.0 Å². The third kappa shape index (κ3) is 4.73. The van der Waals surface area contributed by atoms with Gasteiger partial charge in [0.2, 0.25) is 0 Å². The van der Waals surface area contributed by atoms with E-state index >= 15 is 0 Å². The molecule has 0 aliphatic heterocycles. The lowest BCUT2D eigenvalue weighted by Gasteiger charge is -2.18. The summed E-state index contributed by atoms with van der Waals surface area (Å²) in [5, 5.41) is 3.53. The van der Waals surface area contributed by atoms with E-state index in [0.29, 0.717) is 16.6 Å². The van der Waals surface area contributed by atoms with Crippen LogP contribution in [0.2, 0.25) is 0 Å². The van der Waals surface area contributed by atoms with Gasteiger partial charge in [0.05, 0.1) is 23.4 Å². The second kappa shape index (κ2) is 10.1. The largest absolute Gasteiger partial charge is 0.462 e. The third-order valence-corrected chi connectivity index (χ3v) is 5.15. The molecular weight excluding hydrogens is 439 g/mol. The molecule has 0 spiro atoms. The summed E-state index contributed by atoms with van der Waals surface area (Å²) in [4.78, 5) is 40.7. The highest BCUT2D eigenvalue weighted by Gasteiger charge is 2.26. The number of fused-ring (bicyclic) bond motifs is 1. The number of aryl methyl sites for hydroxylation is 1. The van der Waals surface area contributed by atoms with Gasteiger partial charge in [0, 0.05) is 6.54 Å². The van der Waals surface area contributed by atoms with E-state index < -0.39 is 11.5 Å². The average molecular weight is 462 g/mol. The Hall–Kier alpha value is -4.27. The van der Waals surface area contributed by atoms with Crippen molar-refractivity contribution in [1.82, 2.24) is 14.7 Å². The number of carbonyl (C=O) groups excluding carboxylic acids is 1. The Morgan fingerprint density at radius 2 is 1.85 bits per heavy atom. The molecule has 0 saturated carbocycles. The highest BCUT2D eigenvalue weighted by atomic mass is 19.1. The van der Waals surface area contributed by atoms with Crippen LogP contribution in [0.15, 0.2) is 65.7 Å². The zero-order chi connectivity index (χ0) is 24.1. The van der Waals surface area contributed by atoms with Gasteiger partial charge >= 0.3 is 11.5 Å². The molecule has 0 unspecified atom stereocenters. The summed E-state index contributed by atoms with van der Waals surface area (Å²) in [6, 6.07) is 15.3. The molecule has 1 N–H and O–H groups in total. The minimum atomic E-state index is -0.809. The van der Waals surface area contributed by atoms with Crippen LogP contribution in [0.5, 0.6) is 0 Å². The number of esters is 1. The van der Waals surface area contributed by atoms with Crippen LogP contribution >= 0.6 is 0 Å². The maximum absolute atomic E-state index is 13.7. The van der Waals surface area contributed by atoms with Crippen LogP contribution < -0.4 is 15.7 Å². The van der Waals surface area contributed by atoms with Crippen molar-refractivity contribution < 1.29 is 18.8 Å². The summed E-state index contributed by atoms with van der Waals surface area (Å²) in [5.74, 6) is -1.20. The molecular formula is C25H23FN4O4. The molecule has 174 valence electrons. The Labute approximate surface area is 195 Å². The van der Waals surface area contributed by atoms with Crippen LogP contribution in [0.3, 0.4) is 0 Å². The van der Waals surface area contributed by atoms with Crippen molar-refractivity contribution in [2.45, 2.75) is 27.0 Å². The lowest BCUT2D eigenvalue weighted by molar-refractivity contribution is 0.0513. The molecule has 4 rings (SSSR count). The Kier molecular flexibility index (Phi) is 6.82. The molecule has 0 bridgehead atoms. The third-order valence-electron chi connectivity index (χ3n) is 5.15. The van der Waals surface area contributed by atoms with Crippen LogP contribution in [0, 0.1) is 12.7 Å². The van der Waals surface area contributed by atoms with Gasteiger partial charge in [-0.05, 0) is 37.1 Å². The van der Waals surface area contributed by atoms with Gasteiger partial charge < -0.3 is 14.9 Å². The van der Waals surface area contributed by atoms with Gasteiger partial charge in [-0.3, -0.25) is 4.79 Å². The average Bonchev–Trinajstić information content (AvgIpc) is 2.83. The molecule has 4 aromatic rings. The topological polar surface area (TPSA) is 95.3 Å². The van der Waals surface area contributed by atoms with Gasteiger partial charge in [-0.25, -0.2) is 19.2 Å². The Bertz CT molecular complexity index is 1390. The minimum Gasteiger partial charge on any atom is -0.462 e. The molecule has 0 atom stereocenters. The number of halogens is 1. The van der Waals surface area contributed by atoms with Gasteiger partial charge in [-0.1, -0.05) is 42.5 Å². The molecule has 2 heterocycles. The summed E-state index contributed by atoms with van der Waals surface area (Å²) in [5.41, 5.74) is 1.43. The Balaban J connectivity index is 1.86. The van der Waals surface area contributed by atoms with E-state index in [1.807, 2.05) is 30.3 Å². The van der Waals surface area contributed by atoms with Crippen molar-refractivity contribution in [2.24, 2.45) is 0 Å². The lowest BCUT2D eigenvalue weighted by atomic mass is 10.1. The van der Waals surface area contributed by atoms with Crippen molar-refractivity contribution in [3.05, 3.63) is 99.5 Å². The van der Waals surface area contributed by atoms with Crippen molar-refractivity contribution in [2.75, 3.05) is 11.9 Å². The van der Waals surface area contributed by atoms with Crippen LogP contribution in [0.4, 0.5) is 10.1 Å². The fourth-order valence-corrected chi connectivity index (χ4v) is 3.58. The second-order valence-electron chi connectivity index (χ2n) is 7.47. The molecule has 0 aliphatic rings. The predicted molar refractivity (Wildman–Crippen MR) is 125 cm³/mol. The molecule has 0 radical (unpaired) electrons. The summed E-state index contributed by atoms with van der Waals surface area (Å²) >= 11 is 0. The van der Waals surface area contributed by atoms with Gasteiger partial charge in [-0.15, -0.1) is 4.73 Å². The number of anilines is 1. The number of carbonyl (C=O) groups is 1. The van der Waals surface area contributed by atoms with Crippen LogP contribution in [-0.4, -0.2) is 27.3 Å². The molecule has 0 fully saturated rings. The first-order chi connectivity index (χ1) is 16.5. The highest BCUT2D eigenvalue weighted by Crippen LogP contribution is 2.27. The van der Waals surface area contributed by atoms with E-state index in [4.69, 9.17) is 9.57 Å². The monoisotopic (exact) mass is 462 g/mol. The molecule has 2 aromatic heterocycles. The van der Waals surface area contributed by atoms with Gasteiger partial charge in [0.15, 0.2) is 11.2 Å². The maximum Gasteiger partial charge on any atom is 0.346 e. The van der Waals surface area contributed by atoms with E-state index in [-0.39, 0.29) is 42.5 Å². The van der Waals surface area contributed by atoms with Crippen molar-refractivity contribution in [1.29, 1.82) is 0 Å². The van der Waals surface area contributed by atoms with E-state index in [0.717, 1.165) is 10.3 Å². The first-order valence-electron chi connectivity index (χ1n) is 10.7. The number of ether oxygens (including phenoxy) is 1. The maximum atomic E-state index is 13.7. The van der Waals surface area contributed by atoms with Crippen LogP contribution in [0.25, 0.3) is 11.0 Å². The van der Waals surface area contributed by atoms with Gasteiger partial charge in [-0.2, -0.15) is 0 Å². The molecule has 0 aliphatic carbocycles. The molecule has 0 saturated heterocycles. The summed E-state index contributed by atoms with van der Waals surface area (Å²) < 4.78 is 19.8. The normalized spacial score (nSPS) is 10.8. The van der Waals surface area contributed by atoms with Crippen LogP contribution in [0.1, 0.15) is 34.1 Å². The van der Waals surface area contributed by atoms with Gasteiger partial charge in [0.1, 0.15) is 18.8 Å². The number of hydrogen-bond acceptors (Lipinski definition) is 7. The summed E-state index contributed by atoms with van der Waals surface area (Å²) in [7, 11) is 0. The number of nitrogens with one attached hydrogen (secondary N) is 1. The fourth-order valence-electron chi connectivity index (χ4n) is 3.58. The molecule has 0 amide bonds.